The smallest absolute Gasteiger partial charge is 0.138 e. The monoisotopic (exact) mass is 519 g/mol. The van der Waals surface area contributed by atoms with Gasteiger partial charge in [-0.3, -0.25) is 0 Å². The number of hydrogen-bond donors (Lipinski definition) is 0. The molecular formula is C27H29N3P4. The van der Waals surface area contributed by atoms with Crippen LogP contribution in [0.5, 0.6) is 0 Å². The summed E-state index contributed by atoms with van der Waals surface area (Å²) in [6.45, 7) is 5.01. The van der Waals surface area contributed by atoms with Gasteiger partial charge in [-0.05, 0) is 27.6 Å². The fraction of sp³-hybridized carbons (Fsp3) is 0.111. The highest BCUT2D eigenvalue weighted by Gasteiger charge is 2.39. The molecule has 0 aliphatic carbocycles. The highest BCUT2D eigenvalue weighted by Crippen LogP contribution is 2.85. The van der Waals surface area contributed by atoms with E-state index in [2.05, 4.69) is 141 Å². The van der Waals surface area contributed by atoms with Crippen molar-refractivity contribution in [2.45, 2.75) is 0 Å². The third-order valence-electron chi connectivity index (χ3n) is 6.08. The predicted molar refractivity (Wildman–Crippen MR) is 157 cm³/mol. The summed E-state index contributed by atoms with van der Waals surface area (Å²) in [6.07, 6.45) is 0. The molecule has 1 atom stereocenters. The second kappa shape index (κ2) is 9.57. The zero-order chi connectivity index (χ0) is 23.7. The molecule has 1 heterocycles. The fourth-order valence-corrected chi connectivity index (χ4v) is 23.5. The van der Waals surface area contributed by atoms with Crippen molar-refractivity contribution >= 4 is 50.1 Å². The topological polar surface area (TPSA) is 37.1 Å². The predicted octanol–water partition coefficient (Wildman–Crippen LogP) is 7.94. The van der Waals surface area contributed by atoms with Crippen LogP contribution in [0.2, 0.25) is 0 Å². The average molecular weight is 519 g/mol. The Hall–Kier alpha value is -2.00. The molecule has 0 amide bonds. The molecule has 4 aromatic rings. The summed E-state index contributed by atoms with van der Waals surface area (Å²) in [7, 11) is -5.31. The van der Waals surface area contributed by atoms with Crippen LogP contribution in [0, 0.1) is 0 Å². The molecule has 4 aromatic carbocycles. The summed E-state index contributed by atoms with van der Waals surface area (Å²) in [4.78, 5) is 0. The quantitative estimate of drug-likeness (QED) is 0.240. The van der Waals surface area contributed by atoms with Crippen molar-refractivity contribution in [2.75, 3.05) is 20.0 Å². The van der Waals surface area contributed by atoms with E-state index in [9.17, 15) is 0 Å². The highest BCUT2D eigenvalue weighted by atomic mass is 32.1. The maximum absolute atomic E-state index is 5.93. The van der Waals surface area contributed by atoms with Crippen LogP contribution in [0.4, 0.5) is 0 Å². The van der Waals surface area contributed by atoms with Gasteiger partial charge in [-0.15, -0.1) is 0 Å². The molecule has 0 N–H and O–H groups in total. The van der Waals surface area contributed by atoms with Gasteiger partial charge in [0, 0.05) is 21.2 Å². The van der Waals surface area contributed by atoms with Crippen molar-refractivity contribution < 1.29 is 0 Å². The van der Waals surface area contributed by atoms with Gasteiger partial charge in [0.1, 0.15) is 14.4 Å². The van der Waals surface area contributed by atoms with Gasteiger partial charge in [0.25, 0.3) is 0 Å². The van der Waals surface area contributed by atoms with Crippen LogP contribution < -0.4 is 21.2 Å². The minimum atomic E-state index is -2.45. The normalized spacial score (nSPS) is 20.6. The average Bonchev–Trinajstić information content (AvgIpc) is 2.90. The van der Waals surface area contributed by atoms with Gasteiger partial charge in [-0.25, -0.2) is 13.5 Å². The molecule has 0 spiro atoms. The maximum Gasteiger partial charge on any atom is 0.138 e. The zero-order valence-corrected chi connectivity index (χ0v) is 23.3. The third kappa shape index (κ3) is 4.15. The lowest BCUT2D eigenvalue weighted by atomic mass is 10.4. The van der Waals surface area contributed by atoms with Gasteiger partial charge in [0.15, 0.2) is 0 Å². The van der Waals surface area contributed by atoms with Crippen molar-refractivity contribution in [3.63, 3.8) is 0 Å². The van der Waals surface area contributed by atoms with E-state index in [0.29, 0.717) is 0 Å². The first-order chi connectivity index (χ1) is 16.5. The van der Waals surface area contributed by atoms with Gasteiger partial charge in [-0.1, -0.05) is 121 Å². The van der Waals surface area contributed by atoms with E-state index < -0.39 is 28.9 Å². The minimum absolute atomic E-state index is 0.406. The lowest BCUT2D eigenvalue weighted by Crippen LogP contribution is -2.20. The molecule has 172 valence electrons. The van der Waals surface area contributed by atoms with Crippen molar-refractivity contribution in [1.29, 1.82) is 0 Å². The Morgan fingerprint density at radius 3 is 1.03 bits per heavy atom. The first kappa shape index (κ1) is 23.7. The number of benzene rings is 4. The van der Waals surface area contributed by atoms with Gasteiger partial charge in [0.05, 0.1) is 6.89 Å². The van der Waals surface area contributed by atoms with E-state index in [0.717, 1.165) is 0 Å². The van der Waals surface area contributed by atoms with Crippen LogP contribution in [-0.4, -0.2) is 20.0 Å². The standard InChI is InChI=1S/C27H29N3P4/c1-31(2)32(3)28-33(24-16-8-4-9-17-24,25-18-10-5-11-19-25)30-34(29-32,26-20-12-6-13-21-26)27-22-14-7-15-23-27/h4-23H,1-3H3. The van der Waals surface area contributed by atoms with E-state index in [-0.39, 0.29) is 0 Å². The summed E-state index contributed by atoms with van der Waals surface area (Å²) in [6, 6.07) is 43.1. The minimum Gasteiger partial charge on any atom is -0.228 e. The van der Waals surface area contributed by atoms with Gasteiger partial charge in [0.2, 0.25) is 0 Å². The Balaban J connectivity index is 2.04. The van der Waals surface area contributed by atoms with Crippen molar-refractivity contribution in [3.8, 4) is 0 Å². The molecular weight excluding hydrogens is 490 g/mol. The Kier molecular flexibility index (Phi) is 6.68. The fourth-order valence-electron chi connectivity index (χ4n) is 4.15. The van der Waals surface area contributed by atoms with Crippen LogP contribution in [0.1, 0.15) is 0 Å². The largest absolute Gasteiger partial charge is 0.228 e. The second-order valence-corrected chi connectivity index (χ2v) is 23.3. The third-order valence-corrected chi connectivity index (χ3v) is 24.5. The van der Waals surface area contributed by atoms with E-state index in [1.165, 1.54) is 21.2 Å². The molecule has 0 aromatic heterocycles. The SMILES string of the molecule is CP(C)P1(C)=NP(c2ccccc2)(c2ccccc2)=NP(c2ccccc2)(c2ccccc2)=N1. The van der Waals surface area contributed by atoms with Crippen molar-refractivity contribution in [3.05, 3.63) is 121 Å². The van der Waals surface area contributed by atoms with Gasteiger partial charge < -0.3 is 0 Å². The molecule has 5 rings (SSSR count). The molecule has 0 saturated heterocycles. The summed E-state index contributed by atoms with van der Waals surface area (Å²) < 4.78 is 17.5. The van der Waals surface area contributed by atoms with Crippen molar-refractivity contribution in [1.82, 2.24) is 0 Å². The second-order valence-electron chi connectivity index (χ2n) is 8.53. The van der Waals surface area contributed by atoms with Crippen LogP contribution in [0.3, 0.4) is 0 Å². The van der Waals surface area contributed by atoms with E-state index in [4.69, 9.17) is 13.5 Å². The first-order valence-corrected chi connectivity index (χ1v) is 19.8. The van der Waals surface area contributed by atoms with E-state index >= 15 is 0 Å². The Labute approximate surface area is 204 Å². The molecule has 1 unspecified atom stereocenters. The van der Waals surface area contributed by atoms with E-state index in [1.807, 2.05) is 0 Å². The first-order valence-electron chi connectivity index (χ1n) is 11.3. The molecule has 1 aliphatic rings. The summed E-state index contributed by atoms with van der Waals surface area (Å²) in [5, 5.41) is 4.87. The molecule has 7 heteroatoms. The molecule has 1 aliphatic heterocycles. The van der Waals surface area contributed by atoms with E-state index in [1.54, 1.807) is 0 Å². The molecule has 0 fully saturated rings. The zero-order valence-electron chi connectivity index (χ0n) is 19.7. The number of rotatable bonds is 5. The van der Waals surface area contributed by atoms with Gasteiger partial charge >= 0.3 is 0 Å². The number of hydrogen-bond acceptors (Lipinski definition) is 3. The maximum atomic E-state index is 5.93. The summed E-state index contributed by atoms with van der Waals surface area (Å²) in [5.74, 6) is 0. The van der Waals surface area contributed by atoms with Crippen molar-refractivity contribution in [2.24, 2.45) is 13.5 Å². The Bertz CT molecular complexity index is 1280. The molecule has 34 heavy (non-hydrogen) atoms. The summed E-state index contributed by atoms with van der Waals surface area (Å²) in [5.41, 5.74) is 0. The van der Waals surface area contributed by atoms with Crippen LogP contribution in [-0.2, 0) is 0 Å². The van der Waals surface area contributed by atoms with Crippen LogP contribution in [0.25, 0.3) is 0 Å². The highest BCUT2D eigenvalue weighted by molar-refractivity contribution is 8.35. The number of nitrogens with zero attached hydrogens (tertiary/aromatic N) is 3. The Morgan fingerprint density at radius 1 is 0.441 bits per heavy atom. The molecule has 3 nitrogen and oxygen atoms in total. The molecule has 0 saturated carbocycles. The summed E-state index contributed by atoms with van der Waals surface area (Å²) >= 11 is 0. The lowest BCUT2D eigenvalue weighted by Gasteiger charge is -2.38. The Morgan fingerprint density at radius 2 is 0.735 bits per heavy atom. The van der Waals surface area contributed by atoms with Gasteiger partial charge in [-0.2, -0.15) is 0 Å². The van der Waals surface area contributed by atoms with Crippen LogP contribution >= 0.6 is 28.9 Å². The molecule has 0 radical (unpaired) electrons. The lowest BCUT2D eigenvalue weighted by molar-refractivity contribution is 1.63. The molecule has 0 bridgehead atoms. The van der Waals surface area contributed by atoms with Crippen LogP contribution in [0.15, 0.2) is 135 Å².